The van der Waals surface area contributed by atoms with Crippen molar-refractivity contribution in [1.82, 2.24) is 4.90 Å². The van der Waals surface area contributed by atoms with Crippen molar-refractivity contribution < 1.29 is 24.2 Å². The van der Waals surface area contributed by atoms with Gasteiger partial charge in [-0.05, 0) is 35.4 Å². The minimum Gasteiger partial charge on any atom is -0.481 e. The number of primary amides is 1. The minimum atomic E-state index is -0.802. The zero-order chi connectivity index (χ0) is 19.0. The number of likely N-dealkylation sites (tertiary alicyclic amines) is 1. The molecule has 27 heavy (non-hydrogen) atoms. The van der Waals surface area contributed by atoms with Crippen LogP contribution in [0, 0.1) is 5.92 Å². The molecule has 2 aromatic rings. The summed E-state index contributed by atoms with van der Waals surface area (Å²) in [4.78, 5) is 25.1. The maximum atomic E-state index is 11.8. The summed E-state index contributed by atoms with van der Waals surface area (Å²) in [6.07, 6.45) is 0. The zero-order valence-corrected chi connectivity index (χ0v) is 14.6. The number of ether oxygens (including phenoxy) is 2. The minimum absolute atomic E-state index is 0.123. The molecule has 0 radical (unpaired) electrons. The van der Waals surface area contributed by atoms with Crippen LogP contribution in [-0.4, -0.2) is 41.8 Å². The normalized spacial score (nSPS) is 21.3. The van der Waals surface area contributed by atoms with Gasteiger partial charge >= 0.3 is 5.97 Å². The van der Waals surface area contributed by atoms with Crippen molar-refractivity contribution >= 4 is 11.9 Å². The van der Waals surface area contributed by atoms with E-state index in [0.717, 1.165) is 11.1 Å². The average molecular weight is 368 g/mol. The number of nitrogens with zero attached hydrogens (tertiary/aromatic N) is 1. The average Bonchev–Trinajstić information content (AvgIpc) is 3.28. The number of nitrogens with two attached hydrogens (primary N) is 1. The van der Waals surface area contributed by atoms with E-state index in [1.54, 1.807) is 12.1 Å². The second-order valence-electron chi connectivity index (χ2n) is 6.92. The molecule has 2 aliphatic heterocycles. The first kappa shape index (κ1) is 17.4. The van der Waals surface area contributed by atoms with Gasteiger partial charge in [-0.1, -0.05) is 18.2 Å². The first-order chi connectivity index (χ1) is 13.0. The van der Waals surface area contributed by atoms with Gasteiger partial charge in [0.25, 0.3) is 0 Å². The number of carbonyl (C=O) groups is 2. The lowest BCUT2D eigenvalue weighted by Crippen LogP contribution is -2.23. The second-order valence-corrected chi connectivity index (χ2v) is 6.92. The second kappa shape index (κ2) is 6.92. The molecule has 2 atom stereocenters. The fourth-order valence-electron chi connectivity index (χ4n) is 3.78. The smallest absolute Gasteiger partial charge is 0.308 e. The Bertz CT molecular complexity index is 880. The molecule has 7 heteroatoms. The van der Waals surface area contributed by atoms with Crippen LogP contribution in [0.25, 0.3) is 0 Å². The van der Waals surface area contributed by atoms with Crippen molar-refractivity contribution in [3.05, 3.63) is 59.2 Å². The highest BCUT2D eigenvalue weighted by Crippen LogP contribution is 2.39. The maximum absolute atomic E-state index is 11.8. The zero-order valence-electron chi connectivity index (χ0n) is 14.6. The Morgan fingerprint density at radius 3 is 2.52 bits per heavy atom. The molecular formula is C20H20N2O5. The van der Waals surface area contributed by atoms with E-state index >= 15 is 0 Å². The van der Waals surface area contributed by atoms with E-state index in [9.17, 15) is 14.7 Å². The molecule has 7 nitrogen and oxygen atoms in total. The third-order valence-corrected chi connectivity index (χ3v) is 5.18. The van der Waals surface area contributed by atoms with Crippen molar-refractivity contribution in [2.75, 3.05) is 19.9 Å². The highest BCUT2D eigenvalue weighted by molar-refractivity contribution is 5.92. The number of fused-ring (bicyclic) bond motifs is 1. The SMILES string of the molecule is NC(=O)c1ccc(CN2C[C@@H](C(=O)O)[C@H](c3ccc4c(c3)OCO4)C2)cc1. The summed E-state index contributed by atoms with van der Waals surface area (Å²) in [5.41, 5.74) is 7.68. The van der Waals surface area contributed by atoms with E-state index in [0.29, 0.717) is 36.7 Å². The van der Waals surface area contributed by atoms with Crippen molar-refractivity contribution in [2.24, 2.45) is 11.7 Å². The van der Waals surface area contributed by atoms with Crippen molar-refractivity contribution in [3.63, 3.8) is 0 Å². The maximum Gasteiger partial charge on any atom is 0.308 e. The summed E-state index contributed by atoms with van der Waals surface area (Å²) in [6.45, 7) is 1.91. The van der Waals surface area contributed by atoms with Gasteiger partial charge in [-0.2, -0.15) is 0 Å². The molecule has 0 aliphatic carbocycles. The van der Waals surface area contributed by atoms with E-state index in [2.05, 4.69) is 4.90 Å². The summed E-state index contributed by atoms with van der Waals surface area (Å²) < 4.78 is 10.8. The van der Waals surface area contributed by atoms with Gasteiger partial charge < -0.3 is 20.3 Å². The summed E-state index contributed by atoms with van der Waals surface area (Å²) in [7, 11) is 0. The standard InChI is InChI=1S/C20H20N2O5/c21-19(23)13-3-1-12(2-4-13)8-22-9-15(16(10-22)20(24)25)14-5-6-17-18(7-14)27-11-26-17/h1-7,15-16H,8-11H2,(H2,21,23)(H,24,25)/t15-,16+/m0/s1. The number of rotatable bonds is 5. The van der Waals surface area contributed by atoms with Crippen LogP contribution < -0.4 is 15.2 Å². The number of aliphatic carboxylic acids is 1. The van der Waals surface area contributed by atoms with Crippen LogP contribution in [0.4, 0.5) is 0 Å². The van der Waals surface area contributed by atoms with Gasteiger partial charge in [0.1, 0.15) is 0 Å². The molecular weight excluding hydrogens is 348 g/mol. The van der Waals surface area contributed by atoms with Crippen molar-refractivity contribution in [3.8, 4) is 11.5 Å². The topological polar surface area (TPSA) is 102 Å². The summed E-state index contributed by atoms with van der Waals surface area (Å²) in [6, 6.07) is 12.7. The Morgan fingerprint density at radius 2 is 1.81 bits per heavy atom. The third kappa shape index (κ3) is 3.46. The Hall–Kier alpha value is -3.06. The van der Waals surface area contributed by atoms with Crippen LogP contribution in [-0.2, 0) is 11.3 Å². The van der Waals surface area contributed by atoms with Gasteiger partial charge in [0, 0.05) is 31.1 Å². The molecule has 0 spiro atoms. The molecule has 1 saturated heterocycles. The molecule has 0 bridgehead atoms. The van der Waals surface area contributed by atoms with Gasteiger partial charge in [-0.15, -0.1) is 0 Å². The van der Waals surface area contributed by atoms with Gasteiger partial charge in [-0.3, -0.25) is 14.5 Å². The van der Waals surface area contributed by atoms with E-state index in [1.807, 2.05) is 30.3 Å². The molecule has 4 rings (SSSR count). The molecule has 2 aromatic carbocycles. The third-order valence-electron chi connectivity index (χ3n) is 5.18. The number of hydrogen-bond acceptors (Lipinski definition) is 5. The fraction of sp³-hybridized carbons (Fsp3) is 0.300. The number of carbonyl (C=O) groups excluding carboxylic acids is 1. The molecule has 0 aromatic heterocycles. The number of hydrogen-bond donors (Lipinski definition) is 2. The number of carboxylic acids is 1. The van der Waals surface area contributed by atoms with E-state index in [-0.39, 0.29) is 12.7 Å². The summed E-state index contributed by atoms with van der Waals surface area (Å²) in [5, 5.41) is 9.69. The van der Waals surface area contributed by atoms with Gasteiger partial charge in [0.15, 0.2) is 11.5 Å². The van der Waals surface area contributed by atoms with E-state index in [1.165, 1.54) is 0 Å². The summed E-state index contributed by atoms with van der Waals surface area (Å²) >= 11 is 0. The molecule has 2 aliphatic rings. The quantitative estimate of drug-likeness (QED) is 0.835. The van der Waals surface area contributed by atoms with Crippen LogP contribution in [0.5, 0.6) is 11.5 Å². The summed E-state index contributed by atoms with van der Waals surface area (Å²) in [5.74, 6) is -0.523. The lowest BCUT2D eigenvalue weighted by Gasteiger charge is -2.16. The first-order valence-corrected chi connectivity index (χ1v) is 8.74. The van der Waals surface area contributed by atoms with Crippen LogP contribution in [0.1, 0.15) is 27.4 Å². The van der Waals surface area contributed by atoms with Gasteiger partial charge in [-0.25, -0.2) is 0 Å². The lowest BCUT2D eigenvalue weighted by atomic mass is 9.89. The van der Waals surface area contributed by atoms with Gasteiger partial charge in [0.05, 0.1) is 5.92 Å². The fourth-order valence-corrected chi connectivity index (χ4v) is 3.78. The molecule has 1 amide bonds. The van der Waals surface area contributed by atoms with Crippen molar-refractivity contribution in [1.29, 1.82) is 0 Å². The molecule has 2 heterocycles. The predicted octanol–water partition coefficient (Wildman–Crippen LogP) is 1.81. The lowest BCUT2D eigenvalue weighted by molar-refractivity contribution is -0.141. The molecule has 3 N–H and O–H groups in total. The van der Waals surface area contributed by atoms with Crippen LogP contribution >= 0.6 is 0 Å². The monoisotopic (exact) mass is 368 g/mol. The predicted molar refractivity (Wildman–Crippen MR) is 96.7 cm³/mol. The number of amides is 1. The molecule has 1 fully saturated rings. The van der Waals surface area contributed by atoms with Crippen LogP contribution in [0.3, 0.4) is 0 Å². The Kier molecular flexibility index (Phi) is 4.45. The Morgan fingerprint density at radius 1 is 1.07 bits per heavy atom. The Labute approximate surface area is 156 Å². The highest BCUT2D eigenvalue weighted by Gasteiger charge is 2.39. The molecule has 0 saturated carbocycles. The van der Waals surface area contributed by atoms with Gasteiger partial charge in [0.2, 0.25) is 12.7 Å². The Balaban J connectivity index is 1.51. The highest BCUT2D eigenvalue weighted by atomic mass is 16.7. The largest absolute Gasteiger partial charge is 0.481 e. The number of benzene rings is 2. The molecule has 0 unspecified atom stereocenters. The molecule has 140 valence electrons. The number of carboxylic acid groups (broad SMARTS) is 1. The van der Waals surface area contributed by atoms with Crippen LogP contribution in [0.2, 0.25) is 0 Å². The first-order valence-electron chi connectivity index (χ1n) is 8.74. The van der Waals surface area contributed by atoms with E-state index < -0.39 is 17.8 Å². The van der Waals surface area contributed by atoms with E-state index in [4.69, 9.17) is 15.2 Å². The van der Waals surface area contributed by atoms with Crippen LogP contribution in [0.15, 0.2) is 42.5 Å². The van der Waals surface area contributed by atoms with Crippen molar-refractivity contribution in [2.45, 2.75) is 12.5 Å².